The molecule has 0 spiro atoms. The second-order valence-corrected chi connectivity index (χ2v) is 9.97. The summed E-state index contributed by atoms with van der Waals surface area (Å²) in [6.07, 6.45) is 10.2. The lowest BCUT2D eigenvalue weighted by atomic mass is 10.0. The van der Waals surface area contributed by atoms with Gasteiger partial charge in [0.1, 0.15) is 5.82 Å². The lowest BCUT2D eigenvalue weighted by molar-refractivity contribution is -0.131. The summed E-state index contributed by atoms with van der Waals surface area (Å²) in [5.74, 6) is 1.39. The number of hydrogen-bond acceptors (Lipinski definition) is 5. The van der Waals surface area contributed by atoms with Crippen molar-refractivity contribution in [2.75, 3.05) is 45.8 Å². The van der Waals surface area contributed by atoms with Gasteiger partial charge in [-0.3, -0.25) is 19.1 Å². The van der Waals surface area contributed by atoms with Crippen LogP contribution in [0, 0.1) is 0 Å². The van der Waals surface area contributed by atoms with Crippen LogP contribution in [0.5, 0.6) is 0 Å². The zero-order valence-corrected chi connectivity index (χ0v) is 18.8. The monoisotopic (exact) mass is 427 g/mol. The molecule has 7 nitrogen and oxygen atoms in total. The van der Waals surface area contributed by atoms with Crippen molar-refractivity contribution >= 4 is 5.91 Å². The summed E-state index contributed by atoms with van der Waals surface area (Å²) < 4.78 is 1.86. The highest BCUT2D eigenvalue weighted by Crippen LogP contribution is 2.27. The molecule has 0 N–H and O–H groups in total. The summed E-state index contributed by atoms with van der Waals surface area (Å²) >= 11 is 0. The molecular formula is C24H37N5O2. The van der Waals surface area contributed by atoms with Crippen molar-refractivity contribution in [3.05, 3.63) is 27.9 Å². The fraction of sp³-hybridized carbons (Fsp3) is 0.792. The Kier molecular flexibility index (Phi) is 6.41. The number of piperidine rings is 1. The van der Waals surface area contributed by atoms with Crippen molar-refractivity contribution in [1.29, 1.82) is 0 Å². The van der Waals surface area contributed by atoms with E-state index in [1.807, 2.05) is 9.47 Å². The maximum Gasteiger partial charge on any atom is 0.253 e. The van der Waals surface area contributed by atoms with E-state index in [9.17, 15) is 9.59 Å². The van der Waals surface area contributed by atoms with Gasteiger partial charge in [-0.15, -0.1) is 0 Å². The molecular weight excluding hydrogens is 390 g/mol. The highest BCUT2D eigenvalue weighted by atomic mass is 16.2. The van der Waals surface area contributed by atoms with Gasteiger partial charge in [-0.05, 0) is 58.0 Å². The molecule has 1 aromatic rings. The number of nitrogens with zero attached hydrogens (tertiary/aromatic N) is 5. The predicted molar refractivity (Wildman–Crippen MR) is 120 cm³/mol. The quantitative estimate of drug-likeness (QED) is 0.734. The molecule has 5 rings (SSSR count). The first-order chi connectivity index (χ1) is 15.2. The Morgan fingerprint density at radius 2 is 1.71 bits per heavy atom. The topological polar surface area (TPSA) is 61.7 Å². The summed E-state index contributed by atoms with van der Waals surface area (Å²) in [7, 11) is 0. The van der Waals surface area contributed by atoms with Crippen LogP contribution in [-0.2, 0) is 17.8 Å². The molecule has 0 radical (unpaired) electrons. The van der Waals surface area contributed by atoms with Gasteiger partial charge in [-0.2, -0.15) is 0 Å². The summed E-state index contributed by atoms with van der Waals surface area (Å²) in [6, 6.07) is 2.46. The van der Waals surface area contributed by atoms with E-state index in [4.69, 9.17) is 4.98 Å². The Morgan fingerprint density at radius 1 is 0.935 bits per heavy atom. The molecule has 0 aromatic carbocycles. The van der Waals surface area contributed by atoms with Gasteiger partial charge in [0.15, 0.2) is 0 Å². The molecule has 1 atom stereocenters. The molecule has 1 aromatic heterocycles. The number of fused-ring (bicyclic) bond motifs is 1. The van der Waals surface area contributed by atoms with Gasteiger partial charge >= 0.3 is 0 Å². The van der Waals surface area contributed by atoms with Crippen LogP contribution in [0.25, 0.3) is 0 Å². The summed E-state index contributed by atoms with van der Waals surface area (Å²) in [4.78, 5) is 37.5. The van der Waals surface area contributed by atoms with Gasteiger partial charge in [0.25, 0.3) is 5.56 Å². The lowest BCUT2D eigenvalue weighted by Crippen LogP contribution is -2.47. The molecule has 0 saturated carbocycles. The van der Waals surface area contributed by atoms with Gasteiger partial charge in [-0.25, -0.2) is 4.98 Å². The van der Waals surface area contributed by atoms with E-state index in [0.717, 1.165) is 69.4 Å². The number of carbonyl (C=O) groups excluding carboxylic acids is 1. The average Bonchev–Trinajstić information content (AvgIpc) is 3.43. The zero-order chi connectivity index (χ0) is 21.2. The van der Waals surface area contributed by atoms with E-state index in [1.165, 1.54) is 45.2 Å². The predicted octanol–water partition coefficient (Wildman–Crippen LogP) is 1.85. The molecule has 0 aliphatic carbocycles. The van der Waals surface area contributed by atoms with Crippen molar-refractivity contribution in [1.82, 2.24) is 24.3 Å². The standard InChI is InChI=1S/C24H37N5O2/c30-23-16-21(25-22-6-2-1-3-12-29(22)23)19-7-15-28(17-19)24(31)18-26-13-8-20(9-14-26)27-10-4-5-11-27/h16,19-20H,1-15,17-18H2/t19-/m1/s1. The van der Waals surface area contributed by atoms with Crippen molar-refractivity contribution < 1.29 is 4.79 Å². The minimum atomic E-state index is 0.0903. The van der Waals surface area contributed by atoms with E-state index in [1.54, 1.807) is 6.07 Å². The van der Waals surface area contributed by atoms with Crippen molar-refractivity contribution in [3.8, 4) is 0 Å². The molecule has 3 fully saturated rings. The first-order valence-corrected chi connectivity index (χ1v) is 12.5. The van der Waals surface area contributed by atoms with E-state index < -0.39 is 0 Å². The van der Waals surface area contributed by atoms with Crippen LogP contribution in [0.3, 0.4) is 0 Å². The van der Waals surface area contributed by atoms with E-state index in [0.29, 0.717) is 13.1 Å². The first kappa shape index (κ1) is 21.1. The maximum absolute atomic E-state index is 13.0. The molecule has 7 heteroatoms. The van der Waals surface area contributed by atoms with Crippen molar-refractivity contribution in [2.45, 2.75) is 76.3 Å². The minimum absolute atomic E-state index is 0.0903. The number of aromatic nitrogens is 2. The molecule has 4 aliphatic heterocycles. The summed E-state index contributed by atoms with van der Waals surface area (Å²) in [5, 5.41) is 0. The van der Waals surface area contributed by atoms with Crippen LogP contribution in [0.15, 0.2) is 10.9 Å². The number of likely N-dealkylation sites (tertiary alicyclic amines) is 3. The van der Waals surface area contributed by atoms with Gasteiger partial charge in [0.05, 0.1) is 12.2 Å². The van der Waals surface area contributed by atoms with Gasteiger partial charge in [0, 0.05) is 57.2 Å². The van der Waals surface area contributed by atoms with Crippen LogP contribution in [0.4, 0.5) is 0 Å². The van der Waals surface area contributed by atoms with E-state index in [-0.39, 0.29) is 17.4 Å². The number of carbonyl (C=O) groups is 1. The number of amides is 1. The van der Waals surface area contributed by atoms with Crippen LogP contribution >= 0.6 is 0 Å². The fourth-order valence-corrected chi connectivity index (χ4v) is 6.01. The number of aryl methyl sites for hydroxylation is 1. The molecule has 1 amide bonds. The third-order valence-electron chi connectivity index (χ3n) is 7.92. The number of rotatable bonds is 4. The maximum atomic E-state index is 13.0. The molecule has 31 heavy (non-hydrogen) atoms. The Balaban J connectivity index is 1.15. The third-order valence-corrected chi connectivity index (χ3v) is 7.92. The Morgan fingerprint density at radius 3 is 2.52 bits per heavy atom. The van der Waals surface area contributed by atoms with Crippen LogP contribution in [0.1, 0.15) is 68.8 Å². The third kappa shape index (κ3) is 4.72. The SMILES string of the molecule is O=C(CN1CCC(N2CCCC2)CC1)N1CC[C@@H](c2cc(=O)n3c(n2)CCCCC3)C1. The van der Waals surface area contributed by atoms with E-state index >= 15 is 0 Å². The Bertz CT molecular complexity index is 839. The van der Waals surface area contributed by atoms with Crippen molar-refractivity contribution in [3.63, 3.8) is 0 Å². The Hall–Kier alpha value is -1.73. The second-order valence-electron chi connectivity index (χ2n) is 9.97. The Labute approximate surface area is 185 Å². The normalized spacial score (nSPS) is 26.2. The molecule has 0 bridgehead atoms. The molecule has 170 valence electrons. The highest BCUT2D eigenvalue weighted by Gasteiger charge is 2.32. The fourth-order valence-electron chi connectivity index (χ4n) is 6.01. The molecule has 0 unspecified atom stereocenters. The van der Waals surface area contributed by atoms with Crippen LogP contribution < -0.4 is 5.56 Å². The average molecular weight is 428 g/mol. The minimum Gasteiger partial charge on any atom is -0.341 e. The highest BCUT2D eigenvalue weighted by molar-refractivity contribution is 5.78. The molecule has 4 aliphatic rings. The van der Waals surface area contributed by atoms with Crippen LogP contribution in [-0.4, -0.2) is 82.0 Å². The van der Waals surface area contributed by atoms with Crippen molar-refractivity contribution in [2.24, 2.45) is 0 Å². The first-order valence-electron chi connectivity index (χ1n) is 12.5. The molecule has 5 heterocycles. The van der Waals surface area contributed by atoms with Gasteiger partial charge in [0.2, 0.25) is 5.91 Å². The van der Waals surface area contributed by atoms with Gasteiger partial charge in [-0.1, -0.05) is 6.42 Å². The van der Waals surface area contributed by atoms with Crippen LogP contribution in [0.2, 0.25) is 0 Å². The zero-order valence-electron chi connectivity index (χ0n) is 18.8. The second kappa shape index (κ2) is 9.41. The number of hydrogen-bond donors (Lipinski definition) is 0. The van der Waals surface area contributed by atoms with Gasteiger partial charge < -0.3 is 9.80 Å². The smallest absolute Gasteiger partial charge is 0.253 e. The molecule has 3 saturated heterocycles. The van der Waals surface area contributed by atoms with E-state index in [2.05, 4.69) is 9.80 Å². The summed E-state index contributed by atoms with van der Waals surface area (Å²) in [5.41, 5.74) is 0.993. The largest absolute Gasteiger partial charge is 0.341 e. The summed E-state index contributed by atoms with van der Waals surface area (Å²) in [6.45, 7) is 7.43. The lowest BCUT2D eigenvalue weighted by Gasteiger charge is -2.36.